The summed E-state index contributed by atoms with van der Waals surface area (Å²) in [4.78, 5) is 0.0810. The summed E-state index contributed by atoms with van der Waals surface area (Å²) in [5.74, 6) is 0. The van der Waals surface area contributed by atoms with Gasteiger partial charge in [-0.2, -0.15) is 0 Å². The van der Waals surface area contributed by atoms with Crippen LogP contribution in [0.5, 0.6) is 0 Å². The monoisotopic (exact) mass is 262 g/mol. The zero-order valence-corrected chi connectivity index (χ0v) is 10.8. The Morgan fingerprint density at radius 3 is 2.56 bits per heavy atom. The van der Waals surface area contributed by atoms with Crippen LogP contribution in [0.15, 0.2) is 23.1 Å². The van der Waals surface area contributed by atoms with Crippen molar-refractivity contribution in [2.45, 2.75) is 31.3 Å². The summed E-state index contributed by atoms with van der Waals surface area (Å²) in [6.45, 7) is 4.51. The molecule has 3 N–H and O–H groups in total. The van der Waals surface area contributed by atoms with Crippen molar-refractivity contribution in [1.82, 2.24) is 5.32 Å². The number of benzene rings is 1. The number of nitrogens with one attached hydrogen (secondary N) is 1. The molecule has 1 aromatic rings. The van der Waals surface area contributed by atoms with Crippen molar-refractivity contribution in [1.29, 1.82) is 0 Å². The molecule has 0 amide bonds. The van der Waals surface area contributed by atoms with Gasteiger partial charge in [0.1, 0.15) is 0 Å². The predicted octanol–water partition coefficient (Wildman–Crippen LogP) is 1.49. The third-order valence-corrected chi connectivity index (χ3v) is 3.33. The van der Waals surface area contributed by atoms with Crippen molar-refractivity contribution < 1.29 is 8.42 Å². The van der Waals surface area contributed by atoms with Crippen LogP contribution in [-0.4, -0.2) is 14.5 Å². The molecule has 90 valence electrons. The molecule has 0 atom stereocenters. The van der Waals surface area contributed by atoms with Gasteiger partial charge in [0.05, 0.1) is 4.90 Å². The van der Waals surface area contributed by atoms with Gasteiger partial charge in [-0.1, -0.05) is 25.4 Å². The third-order valence-electron chi connectivity index (χ3n) is 2.05. The number of hydrogen-bond acceptors (Lipinski definition) is 3. The van der Waals surface area contributed by atoms with E-state index in [0.717, 1.165) is 5.56 Å². The van der Waals surface area contributed by atoms with Crippen LogP contribution in [0.3, 0.4) is 0 Å². The van der Waals surface area contributed by atoms with Crippen molar-refractivity contribution in [3.63, 3.8) is 0 Å². The van der Waals surface area contributed by atoms with Crippen LogP contribution in [0.2, 0.25) is 5.02 Å². The Bertz CT molecular complexity index is 472. The quantitative estimate of drug-likeness (QED) is 0.863. The Morgan fingerprint density at radius 2 is 2.06 bits per heavy atom. The molecule has 0 fully saturated rings. The van der Waals surface area contributed by atoms with Gasteiger partial charge < -0.3 is 5.32 Å². The molecule has 0 aliphatic heterocycles. The van der Waals surface area contributed by atoms with Crippen molar-refractivity contribution >= 4 is 21.6 Å². The molecule has 0 aromatic heterocycles. The van der Waals surface area contributed by atoms with Crippen LogP contribution in [-0.2, 0) is 16.6 Å². The van der Waals surface area contributed by atoms with Crippen LogP contribution >= 0.6 is 11.6 Å². The number of primary sulfonamides is 1. The smallest absolute Gasteiger partial charge is 0.238 e. The van der Waals surface area contributed by atoms with Gasteiger partial charge in [-0.15, -0.1) is 0 Å². The van der Waals surface area contributed by atoms with E-state index in [1.54, 1.807) is 6.07 Å². The van der Waals surface area contributed by atoms with Gasteiger partial charge in [0.25, 0.3) is 0 Å². The average molecular weight is 263 g/mol. The number of sulfonamides is 1. The first-order valence-corrected chi connectivity index (χ1v) is 6.77. The lowest BCUT2D eigenvalue weighted by molar-refractivity contribution is 0.586. The highest BCUT2D eigenvalue weighted by molar-refractivity contribution is 7.89. The van der Waals surface area contributed by atoms with Crippen molar-refractivity contribution in [3.8, 4) is 0 Å². The molecule has 0 saturated heterocycles. The van der Waals surface area contributed by atoms with Gasteiger partial charge in [0.15, 0.2) is 0 Å². The van der Waals surface area contributed by atoms with E-state index >= 15 is 0 Å². The maximum Gasteiger partial charge on any atom is 0.238 e. The normalized spacial score (nSPS) is 12.1. The average Bonchev–Trinajstić information content (AvgIpc) is 2.14. The lowest BCUT2D eigenvalue weighted by atomic mass is 10.2. The molecule has 0 unspecified atom stereocenters. The minimum absolute atomic E-state index is 0.0810. The van der Waals surface area contributed by atoms with Gasteiger partial charge in [-0.05, 0) is 23.8 Å². The number of hydrogen-bond donors (Lipinski definition) is 2. The van der Waals surface area contributed by atoms with Crippen molar-refractivity contribution in [2.75, 3.05) is 0 Å². The minimum atomic E-state index is -3.67. The summed E-state index contributed by atoms with van der Waals surface area (Å²) in [5, 5.41) is 8.73. The number of halogens is 1. The van der Waals surface area contributed by atoms with Crippen LogP contribution in [0.1, 0.15) is 19.4 Å². The molecular formula is C10H15ClN2O2S. The molecule has 0 aliphatic carbocycles. The fraction of sp³-hybridized carbons (Fsp3) is 0.400. The summed E-state index contributed by atoms with van der Waals surface area (Å²) in [5.41, 5.74) is 0.724. The first-order chi connectivity index (χ1) is 7.30. The lowest BCUT2D eigenvalue weighted by Gasteiger charge is -2.10. The Balaban J connectivity index is 3.00. The SMILES string of the molecule is CC(C)NCc1cc(S(N)(=O)=O)ccc1Cl. The first kappa shape index (κ1) is 13.4. The molecule has 6 heteroatoms. The summed E-state index contributed by atoms with van der Waals surface area (Å²) in [6.07, 6.45) is 0. The molecule has 0 aliphatic rings. The maximum atomic E-state index is 11.1. The van der Waals surface area contributed by atoms with E-state index in [1.807, 2.05) is 13.8 Å². The van der Waals surface area contributed by atoms with Crippen LogP contribution in [0, 0.1) is 0 Å². The molecule has 0 radical (unpaired) electrons. The fourth-order valence-electron chi connectivity index (χ4n) is 1.18. The molecule has 4 nitrogen and oxygen atoms in total. The molecule has 1 rings (SSSR count). The first-order valence-electron chi connectivity index (χ1n) is 4.85. The standard InChI is InChI=1S/C10H15ClN2O2S/c1-7(2)13-6-8-5-9(16(12,14)15)3-4-10(8)11/h3-5,7,13H,6H2,1-2H3,(H2,12,14,15). The molecule has 1 aromatic carbocycles. The number of rotatable bonds is 4. The van der Waals surface area contributed by atoms with E-state index in [2.05, 4.69) is 5.32 Å². The Hall–Kier alpha value is -0.620. The molecule has 0 spiro atoms. The van der Waals surface area contributed by atoms with Crippen molar-refractivity contribution in [2.24, 2.45) is 5.14 Å². The predicted molar refractivity (Wildman–Crippen MR) is 64.8 cm³/mol. The Labute approximate surface area is 101 Å². The second-order valence-electron chi connectivity index (χ2n) is 3.83. The number of nitrogens with two attached hydrogens (primary N) is 1. The molecular weight excluding hydrogens is 248 g/mol. The summed E-state index contributed by atoms with van der Waals surface area (Å²) in [7, 11) is -3.67. The van der Waals surface area contributed by atoms with E-state index < -0.39 is 10.0 Å². The summed E-state index contributed by atoms with van der Waals surface area (Å²) < 4.78 is 22.3. The summed E-state index contributed by atoms with van der Waals surface area (Å²) in [6, 6.07) is 4.73. The van der Waals surface area contributed by atoms with Crippen LogP contribution < -0.4 is 10.5 Å². The van der Waals surface area contributed by atoms with Gasteiger partial charge in [0.2, 0.25) is 10.0 Å². The van der Waals surface area contributed by atoms with E-state index in [-0.39, 0.29) is 4.90 Å². The Morgan fingerprint density at radius 1 is 1.44 bits per heavy atom. The highest BCUT2D eigenvalue weighted by Crippen LogP contribution is 2.19. The topological polar surface area (TPSA) is 72.2 Å². The zero-order chi connectivity index (χ0) is 12.3. The molecule has 0 heterocycles. The van der Waals surface area contributed by atoms with Crippen molar-refractivity contribution in [3.05, 3.63) is 28.8 Å². The molecule has 16 heavy (non-hydrogen) atoms. The second kappa shape index (κ2) is 5.14. The van der Waals surface area contributed by atoms with E-state index in [9.17, 15) is 8.42 Å². The molecule has 0 bridgehead atoms. The van der Waals surface area contributed by atoms with Gasteiger partial charge >= 0.3 is 0 Å². The second-order valence-corrected chi connectivity index (χ2v) is 5.80. The fourth-order valence-corrected chi connectivity index (χ4v) is 1.93. The van der Waals surface area contributed by atoms with E-state index in [1.165, 1.54) is 12.1 Å². The highest BCUT2D eigenvalue weighted by Gasteiger charge is 2.10. The van der Waals surface area contributed by atoms with Crippen LogP contribution in [0.25, 0.3) is 0 Å². The molecule has 0 saturated carbocycles. The maximum absolute atomic E-state index is 11.1. The zero-order valence-electron chi connectivity index (χ0n) is 9.20. The van der Waals surface area contributed by atoms with Gasteiger partial charge in [-0.3, -0.25) is 0 Å². The Kier molecular flexibility index (Phi) is 4.32. The van der Waals surface area contributed by atoms with Gasteiger partial charge in [-0.25, -0.2) is 13.6 Å². The van der Waals surface area contributed by atoms with E-state index in [0.29, 0.717) is 17.6 Å². The summed E-state index contributed by atoms with van der Waals surface area (Å²) >= 11 is 5.95. The highest BCUT2D eigenvalue weighted by atomic mass is 35.5. The minimum Gasteiger partial charge on any atom is -0.310 e. The van der Waals surface area contributed by atoms with Crippen LogP contribution in [0.4, 0.5) is 0 Å². The van der Waals surface area contributed by atoms with E-state index in [4.69, 9.17) is 16.7 Å². The third kappa shape index (κ3) is 3.75. The largest absolute Gasteiger partial charge is 0.310 e. The van der Waals surface area contributed by atoms with Gasteiger partial charge in [0, 0.05) is 17.6 Å². The lowest BCUT2D eigenvalue weighted by Crippen LogP contribution is -2.22.